The molecule has 1 N–H and O–H groups in total. The van der Waals surface area contributed by atoms with Gasteiger partial charge in [0.05, 0.1) is 10.5 Å². The Labute approximate surface area is 166 Å². The Balaban J connectivity index is 1.86. The van der Waals surface area contributed by atoms with Crippen LogP contribution in [0.5, 0.6) is 0 Å². The van der Waals surface area contributed by atoms with Gasteiger partial charge in [0, 0.05) is 18.3 Å². The molecular weight excluding hydrogens is 375 g/mol. The van der Waals surface area contributed by atoms with Crippen LogP contribution >= 0.6 is 0 Å². The summed E-state index contributed by atoms with van der Waals surface area (Å²) in [6, 6.07) is 15.6. The first-order valence-corrected chi connectivity index (χ1v) is 9.13. The third-order valence-corrected chi connectivity index (χ3v) is 5.10. The number of anilines is 2. The van der Waals surface area contributed by atoms with Gasteiger partial charge in [-0.25, -0.2) is 9.18 Å². The molecule has 0 unspecified atom stereocenters. The summed E-state index contributed by atoms with van der Waals surface area (Å²) in [5, 5.41) is 21.2. The molecule has 29 heavy (non-hydrogen) atoms. The second-order valence-electron chi connectivity index (χ2n) is 6.84. The number of carboxylic acid groups (broad SMARTS) is 1. The normalized spacial score (nSPS) is 13.1. The fourth-order valence-corrected chi connectivity index (χ4v) is 3.79. The second-order valence-corrected chi connectivity index (χ2v) is 6.84. The number of nitrogens with zero attached hydrogens (tertiary/aromatic N) is 2. The first-order chi connectivity index (χ1) is 14.0. The number of rotatable bonds is 4. The SMILES string of the molecule is O=C(O)c1ccc(F)cc1-c1ccc(N2CCCc3ccccc32)c([N+](=O)[O-])c1. The van der Waals surface area contributed by atoms with Crippen molar-refractivity contribution in [1.29, 1.82) is 0 Å². The third kappa shape index (κ3) is 3.42. The van der Waals surface area contributed by atoms with Gasteiger partial charge in [-0.05, 0) is 59.9 Å². The van der Waals surface area contributed by atoms with Crippen molar-refractivity contribution in [2.45, 2.75) is 12.8 Å². The number of halogens is 1. The maximum Gasteiger partial charge on any atom is 0.336 e. The lowest BCUT2D eigenvalue weighted by Gasteiger charge is -2.31. The van der Waals surface area contributed by atoms with Crippen molar-refractivity contribution in [3.63, 3.8) is 0 Å². The average molecular weight is 392 g/mol. The van der Waals surface area contributed by atoms with Crippen LogP contribution in [0.25, 0.3) is 11.1 Å². The van der Waals surface area contributed by atoms with Gasteiger partial charge in [-0.1, -0.05) is 24.3 Å². The van der Waals surface area contributed by atoms with Crippen LogP contribution in [0.1, 0.15) is 22.3 Å². The Kier molecular flexibility index (Phi) is 4.72. The summed E-state index contributed by atoms with van der Waals surface area (Å²) in [7, 11) is 0. The topological polar surface area (TPSA) is 83.7 Å². The minimum Gasteiger partial charge on any atom is -0.478 e. The van der Waals surface area contributed by atoms with Crippen molar-refractivity contribution in [1.82, 2.24) is 0 Å². The van der Waals surface area contributed by atoms with Crippen LogP contribution in [0.4, 0.5) is 21.5 Å². The summed E-state index contributed by atoms with van der Waals surface area (Å²) in [4.78, 5) is 24.8. The number of carbonyl (C=O) groups is 1. The Morgan fingerprint density at radius 2 is 1.86 bits per heavy atom. The number of nitro benzene ring substituents is 1. The number of aromatic carboxylic acids is 1. The number of para-hydroxylation sites is 1. The number of hydrogen-bond donors (Lipinski definition) is 1. The lowest BCUT2D eigenvalue weighted by molar-refractivity contribution is -0.384. The van der Waals surface area contributed by atoms with Crippen LogP contribution in [-0.4, -0.2) is 22.5 Å². The van der Waals surface area contributed by atoms with E-state index in [1.807, 2.05) is 29.2 Å². The highest BCUT2D eigenvalue weighted by Crippen LogP contribution is 2.40. The van der Waals surface area contributed by atoms with Crippen molar-refractivity contribution in [2.24, 2.45) is 0 Å². The van der Waals surface area contributed by atoms with Gasteiger partial charge in [0.2, 0.25) is 0 Å². The molecule has 1 aliphatic rings. The number of benzene rings is 3. The van der Waals surface area contributed by atoms with Crippen molar-refractivity contribution >= 4 is 23.0 Å². The molecule has 0 radical (unpaired) electrons. The molecule has 146 valence electrons. The zero-order valence-electron chi connectivity index (χ0n) is 15.3. The summed E-state index contributed by atoms with van der Waals surface area (Å²) >= 11 is 0. The molecule has 0 atom stereocenters. The number of aryl methyl sites for hydroxylation is 1. The van der Waals surface area contributed by atoms with Crippen molar-refractivity contribution in [3.05, 3.63) is 87.7 Å². The highest BCUT2D eigenvalue weighted by Gasteiger charge is 2.26. The molecule has 0 aromatic heterocycles. The molecule has 0 aliphatic carbocycles. The van der Waals surface area contributed by atoms with Crippen LogP contribution < -0.4 is 4.90 Å². The number of nitro groups is 1. The lowest BCUT2D eigenvalue weighted by Crippen LogP contribution is -2.25. The smallest absolute Gasteiger partial charge is 0.336 e. The molecule has 1 aliphatic heterocycles. The van der Waals surface area contributed by atoms with Gasteiger partial charge in [-0.2, -0.15) is 0 Å². The van der Waals surface area contributed by atoms with E-state index < -0.39 is 16.7 Å². The van der Waals surface area contributed by atoms with Gasteiger partial charge >= 0.3 is 5.97 Å². The molecule has 0 bridgehead atoms. The van der Waals surface area contributed by atoms with E-state index in [9.17, 15) is 24.4 Å². The largest absolute Gasteiger partial charge is 0.478 e. The van der Waals surface area contributed by atoms with Crippen molar-refractivity contribution in [3.8, 4) is 11.1 Å². The van der Waals surface area contributed by atoms with Crippen LogP contribution in [-0.2, 0) is 6.42 Å². The Bertz CT molecular complexity index is 1130. The van der Waals surface area contributed by atoms with E-state index in [4.69, 9.17) is 0 Å². The molecule has 7 heteroatoms. The summed E-state index contributed by atoms with van der Waals surface area (Å²) in [6.07, 6.45) is 1.77. The van der Waals surface area contributed by atoms with E-state index in [0.717, 1.165) is 42.3 Å². The monoisotopic (exact) mass is 392 g/mol. The summed E-state index contributed by atoms with van der Waals surface area (Å²) in [6.45, 7) is 0.636. The van der Waals surface area contributed by atoms with Gasteiger partial charge in [0.1, 0.15) is 11.5 Å². The molecule has 1 heterocycles. The molecule has 6 nitrogen and oxygen atoms in total. The second kappa shape index (κ2) is 7.35. The molecule has 0 amide bonds. The van der Waals surface area contributed by atoms with Crippen molar-refractivity contribution in [2.75, 3.05) is 11.4 Å². The minimum atomic E-state index is -1.23. The highest BCUT2D eigenvalue weighted by molar-refractivity contribution is 5.96. The maximum absolute atomic E-state index is 13.8. The molecule has 3 aromatic carbocycles. The van der Waals surface area contributed by atoms with Crippen LogP contribution in [0.3, 0.4) is 0 Å². The molecule has 0 fully saturated rings. The maximum atomic E-state index is 13.8. The quantitative estimate of drug-likeness (QED) is 0.488. The van der Waals surface area contributed by atoms with E-state index in [1.165, 1.54) is 6.07 Å². The molecule has 4 rings (SSSR count). The zero-order valence-corrected chi connectivity index (χ0v) is 15.3. The van der Waals surface area contributed by atoms with E-state index in [1.54, 1.807) is 12.1 Å². The fraction of sp³-hybridized carbons (Fsp3) is 0.136. The van der Waals surface area contributed by atoms with Crippen molar-refractivity contribution < 1.29 is 19.2 Å². The van der Waals surface area contributed by atoms with E-state index in [2.05, 4.69) is 0 Å². The zero-order chi connectivity index (χ0) is 20.5. The fourth-order valence-electron chi connectivity index (χ4n) is 3.79. The number of hydrogen-bond acceptors (Lipinski definition) is 4. The molecule has 0 saturated heterocycles. The predicted molar refractivity (Wildman–Crippen MR) is 107 cm³/mol. The third-order valence-electron chi connectivity index (χ3n) is 5.10. The molecule has 0 spiro atoms. The van der Waals surface area contributed by atoms with E-state index in [0.29, 0.717) is 12.2 Å². The molecular formula is C22H17FN2O4. The van der Waals surface area contributed by atoms with E-state index in [-0.39, 0.29) is 22.4 Å². The highest BCUT2D eigenvalue weighted by atomic mass is 19.1. The molecule has 3 aromatic rings. The predicted octanol–water partition coefficient (Wildman–Crippen LogP) is 5.18. The van der Waals surface area contributed by atoms with Crippen LogP contribution in [0, 0.1) is 15.9 Å². The van der Waals surface area contributed by atoms with Crippen LogP contribution in [0.2, 0.25) is 0 Å². The average Bonchev–Trinajstić information content (AvgIpc) is 2.72. The lowest BCUT2D eigenvalue weighted by atomic mass is 9.97. The Morgan fingerprint density at radius 3 is 2.62 bits per heavy atom. The van der Waals surface area contributed by atoms with Gasteiger partial charge in [-0.15, -0.1) is 0 Å². The first-order valence-electron chi connectivity index (χ1n) is 9.13. The number of fused-ring (bicyclic) bond motifs is 1. The van der Waals surface area contributed by atoms with Crippen LogP contribution in [0.15, 0.2) is 60.7 Å². The first kappa shape index (κ1) is 18.6. The summed E-state index contributed by atoms with van der Waals surface area (Å²) in [5.41, 5.74) is 2.59. The van der Waals surface area contributed by atoms with Gasteiger partial charge in [-0.3, -0.25) is 10.1 Å². The summed E-state index contributed by atoms with van der Waals surface area (Å²) < 4.78 is 13.8. The van der Waals surface area contributed by atoms with E-state index >= 15 is 0 Å². The minimum absolute atomic E-state index is 0.103. The Hall–Kier alpha value is -3.74. The standard InChI is InChI=1S/C22H17FN2O4/c23-16-8-9-17(22(26)27)18(13-16)15-7-10-20(21(12-15)25(28)29)24-11-3-5-14-4-1-2-6-19(14)24/h1-2,4,6-10,12-13H,3,5,11H2,(H,26,27). The summed E-state index contributed by atoms with van der Waals surface area (Å²) in [5.74, 6) is -1.83. The van der Waals surface area contributed by atoms with Gasteiger partial charge in [0.15, 0.2) is 0 Å². The molecule has 0 saturated carbocycles. The van der Waals surface area contributed by atoms with Gasteiger partial charge in [0.25, 0.3) is 5.69 Å². The van der Waals surface area contributed by atoms with Gasteiger partial charge < -0.3 is 10.0 Å². The number of carboxylic acids is 1. The Morgan fingerprint density at radius 1 is 1.07 bits per heavy atom.